The van der Waals surface area contributed by atoms with Crippen molar-refractivity contribution >= 4 is 69.3 Å². The Bertz CT molecular complexity index is 1370. The first kappa shape index (κ1) is 29.0. The van der Waals surface area contributed by atoms with Gasteiger partial charge in [-0.1, -0.05) is 84.9 Å². The minimum atomic E-state index is -2.10. The van der Waals surface area contributed by atoms with E-state index in [9.17, 15) is 0 Å². The highest BCUT2D eigenvalue weighted by Crippen LogP contribution is 2.54. The molecule has 0 saturated heterocycles. The molecule has 4 aromatic carbocycles. The maximum Gasteiger partial charge on any atom is 0.189 e. The maximum atomic E-state index is 5.75. The van der Waals surface area contributed by atoms with Gasteiger partial charge in [-0.25, -0.2) is 0 Å². The first-order valence-electron chi connectivity index (χ1n) is 12.8. The van der Waals surface area contributed by atoms with Gasteiger partial charge in [-0.2, -0.15) is 10.2 Å². The summed E-state index contributed by atoms with van der Waals surface area (Å²) in [6.07, 6.45) is 0.623. The van der Waals surface area contributed by atoms with Crippen LogP contribution in [0.5, 0.6) is 0 Å². The number of benzene rings is 4. The number of nitrogens with one attached hydrogen (secondary N) is 4. The van der Waals surface area contributed by atoms with E-state index in [4.69, 9.17) is 24.4 Å². The van der Waals surface area contributed by atoms with E-state index in [1.165, 1.54) is 15.9 Å². The molecule has 0 spiro atoms. The summed E-state index contributed by atoms with van der Waals surface area (Å²) in [7, 11) is -0.362. The summed E-state index contributed by atoms with van der Waals surface area (Å²) < 4.78 is 0. The highest BCUT2D eigenvalue weighted by molar-refractivity contribution is 7.95. The molecule has 0 heterocycles. The Morgan fingerprint density at radius 2 is 1.05 bits per heavy atom. The SMILES string of the molecule is CNC(=S)N/N=C(C)/C(=N/NC(=S)NC[P+](c1ccccc1)(c1ccccc1)c1ccccc1)c1ccccc1. The Balaban J connectivity index is 1.65. The van der Waals surface area contributed by atoms with Crippen molar-refractivity contribution in [2.45, 2.75) is 6.92 Å². The molecule has 0 unspecified atom stereocenters. The van der Waals surface area contributed by atoms with Gasteiger partial charge in [-0.15, -0.1) is 0 Å². The average molecular weight is 584 g/mol. The van der Waals surface area contributed by atoms with Crippen LogP contribution in [0.15, 0.2) is 132 Å². The van der Waals surface area contributed by atoms with E-state index in [1.807, 2.05) is 37.3 Å². The molecule has 0 saturated carbocycles. The average Bonchev–Trinajstić information content (AvgIpc) is 3.02. The molecule has 0 fully saturated rings. The van der Waals surface area contributed by atoms with Gasteiger partial charge in [0.15, 0.2) is 10.2 Å². The van der Waals surface area contributed by atoms with E-state index >= 15 is 0 Å². The third-order valence-corrected chi connectivity index (χ3v) is 11.0. The summed E-state index contributed by atoms with van der Waals surface area (Å²) in [6.45, 7) is 1.87. The zero-order chi connectivity index (χ0) is 28.2. The summed E-state index contributed by atoms with van der Waals surface area (Å²) in [6, 6.07) is 41.8. The second kappa shape index (κ2) is 14.4. The zero-order valence-electron chi connectivity index (χ0n) is 22.4. The summed E-state index contributed by atoms with van der Waals surface area (Å²) in [5.74, 6) is 0. The van der Waals surface area contributed by atoms with E-state index in [2.05, 4.69) is 123 Å². The highest BCUT2D eigenvalue weighted by atomic mass is 32.1. The van der Waals surface area contributed by atoms with Crippen molar-refractivity contribution < 1.29 is 0 Å². The third kappa shape index (κ3) is 7.16. The van der Waals surface area contributed by atoms with Crippen LogP contribution in [0.1, 0.15) is 12.5 Å². The van der Waals surface area contributed by atoms with Crippen LogP contribution in [-0.2, 0) is 0 Å². The van der Waals surface area contributed by atoms with Gasteiger partial charge in [0.25, 0.3) is 0 Å². The third-order valence-electron chi connectivity index (χ3n) is 6.28. The first-order chi connectivity index (χ1) is 19.5. The lowest BCUT2D eigenvalue weighted by atomic mass is 10.1. The van der Waals surface area contributed by atoms with Gasteiger partial charge in [0.1, 0.15) is 35.2 Å². The molecule has 0 radical (unpaired) electrons. The molecule has 0 bridgehead atoms. The van der Waals surface area contributed by atoms with Gasteiger partial charge >= 0.3 is 0 Å². The summed E-state index contributed by atoms with van der Waals surface area (Å²) >= 11 is 10.9. The number of hydrazone groups is 2. The second-order valence-electron chi connectivity index (χ2n) is 8.81. The Kier molecular flexibility index (Phi) is 10.5. The van der Waals surface area contributed by atoms with Gasteiger partial charge in [-0.05, 0) is 67.8 Å². The fourth-order valence-electron chi connectivity index (χ4n) is 4.30. The number of hydrogen-bond acceptors (Lipinski definition) is 4. The normalized spacial score (nSPS) is 11.8. The molecule has 4 rings (SSSR count). The summed E-state index contributed by atoms with van der Waals surface area (Å²) in [5, 5.41) is 20.0. The van der Waals surface area contributed by atoms with Gasteiger partial charge < -0.3 is 10.6 Å². The number of rotatable bonds is 9. The lowest BCUT2D eigenvalue weighted by Crippen LogP contribution is -2.42. The van der Waals surface area contributed by atoms with E-state index < -0.39 is 7.26 Å². The zero-order valence-corrected chi connectivity index (χ0v) is 24.9. The molecule has 0 aromatic heterocycles. The Labute approximate surface area is 247 Å². The van der Waals surface area contributed by atoms with Crippen LogP contribution < -0.4 is 37.4 Å². The van der Waals surface area contributed by atoms with Crippen molar-refractivity contribution in [3.63, 3.8) is 0 Å². The smallest absolute Gasteiger partial charge is 0.189 e. The van der Waals surface area contributed by atoms with E-state index in [0.717, 1.165) is 5.56 Å². The minimum absolute atomic E-state index is 0.417. The first-order valence-corrected chi connectivity index (χ1v) is 15.6. The molecular formula is C31H32N6PS2+. The number of hydrogen-bond donors (Lipinski definition) is 4. The van der Waals surface area contributed by atoms with Gasteiger partial charge in [-0.3, -0.25) is 10.9 Å². The number of thiocarbonyl (C=S) groups is 2. The summed E-state index contributed by atoms with van der Waals surface area (Å²) in [5.41, 5.74) is 8.08. The Hall–Kier alpha value is -3.97. The molecule has 40 heavy (non-hydrogen) atoms. The van der Waals surface area contributed by atoms with Crippen molar-refractivity contribution in [3.8, 4) is 0 Å². The van der Waals surface area contributed by atoms with Crippen molar-refractivity contribution in [1.82, 2.24) is 21.5 Å². The number of nitrogens with zero attached hydrogens (tertiary/aromatic N) is 2. The van der Waals surface area contributed by atoms with E-state index in [0.29, 0.717) is 27.9 Å². The standard InChI is InChI=1S/C31H31N6PS2/c1-24(34-36-30(39)32-2)29(25-15-7-3-8-16-25)35-37-31(40)33-23-38(26-17-9-4-10-18-26,27-19-11-5-12-20-27)28-21-13-6-14-22-28/h3-22H,23H2,1-2H3,(H3-,32,33,34,35,36,37,39,40)/p+1. The topological polar surface area (TPSA) is 72.8 Å². The molecule has 0 atom stereocenters. The van der Waals surface area contributed by atoms with Crippen LogP contribution in [0.4, 0.5) is 0 Å². The largest absolute Gasteiger partial charge is 0.364 e. The van der Waals surface area contributed by atoms with Crippen LogP contribution in [-0.4, -0.2) is 35.0 Å². The highest BCUT2D eigenvalue weighted by Gasteiger charge is 2.45. The predicted molar refractivity (Wildman–Crippen MR) is 180 cm³/mol. The minimum Gasteiger partial charge on any atom is -0.364 e. The molecule has 0 amide bonds. The predicted octanol–water partition coefficient (Wildman–Crippen LogP) is 4.28. The second-order valence-corrected chi connectivity index (χ2v) is 13.1. The van der Waals surface area contributed by atoms with Gasteiger partial charge in [0.2, 0.25) is 0 Å². The molecule has 0 aliphatic carbocycles. The molecule has 202 valence electrons. The molecular weight excluding hydrogens is 551 g/mol. The van der Waals surface area contributed by atoms with Crippen molar-refractivity contribution in [2.24, 2.45) is 10.2 Å². The van der Waals surface area contributed by atoms with Crippen molar-refractivity contribution in [1.29, 1.82) is 0 Å². The molecule has 4 N–H and O–H groups in total. The summed E-state index contributed by atoms with van der Waals surface area (Å²) in [4.78, 5) is 0. The van der Waals surface area contributed by atoms with Crippen LogP contribution in [0, 0.1) is 0 Å². The molecule has 4 aromatic rings. The fourth-order valence-corrected chi connectivity index (χ4v) is 8.45. The molecule has 0 aliphatic rings. The van der Waals surface area contributed by atoms with Crippen LogP contribution in [0.25, 0.3) is 0 Å². The van der Waals surface area contributed by atoms with Crippen molar-refractivity contribution in [2.75, 3.05) is 13.3 Å². The lowest BCUT2D eigenvalue weighted by molar-refractivity contribution is 0.957. The Morgan fingerprint density at radius 1 is 0.625 bits per heavy atom. The quantitative estimate of drug-likeness (QED) is 0.102. The van der Waals surface area contributed by atoms with Crippen molar-refractivity contribution in [3.05, 3.63) is 127 Å². The van der Waals surface area contributed by atoms with Crippen LogP contribution >= 0.6 is 31.7 Å². The Morgan fingerprint density at radius 3 is 1.50 bits per heavy atom. The lowest BCUT2D eigenvalue weighted by Gasteiger charge is -2.28. The van der Waals surface area contributed by atoms with E-state index in [-0.39, 0.29) is 0 Å². The van der Waals surface area contributed by atoms with Gasteiger partial charge in [0.05, 0.1) is 5.71 Å². The monoisotopic (exact) mass is 583 g/mol. The van der Waals surface area contributed by atoms with E-state index in [1.54, 1.807) is 7.05 Å². The van der Waals surface area contributed by atoms with Gasteiger partial charge in [0, 0.05) is 12.6 Å². The molecule has 0 aliphatic heterocycles. The molecule has 9 heteroatoms. The van der Waals surface area contributed by atoms with Crippen LogP contribution in [0.2, 0.25) is 0 Å². The van der Waals surface area contributed by atoms with Crippen LogP contribution in [0.3, 0.4) is 0 Å². The fraction of sp³-hybridized carbons (Fsp3) is 0.0968. The maximum absolute atomic E-state index is 5.75. The molecule has 6 nitrogen and oxygen atoms in total.